The number of aliphatic carboxylic acids is 2. The van der Waals surface area contributed by atoms with Crippen molar-refractivity contribution in [2.75, 3.05) is 0 Å². The van der Waals surface area contributed by atoms with Crippen molar-refractivity contribution < 1.29 is 32.8 Å². The van der Waals surface area contributed by atoms with Gasteiger partial charge in [0.15, 0.2) is 0 Å². The summed E-state index contributed by atoms with van der Waals surface area (Å²) in [6, 6.07) is 0. The van der Waals surface area contributed by atoms with Gasteiger partial charge in [0.05, 0.1) is 6.42 Å². The summed E-state index contributed by atoms with van der Waals surface area (Å²) in [6.45, 7) is 3.12. The third-order valence-corrected chi connectivity index (χ3v) is 3.27. The average molecular weight is 238 g/mol. The van der Waals surface area contributed by atoms with E-state index >= 15 is 0 Å². The molecule has 0 fully saturated rings. The molecule has 0 amide bonds. The smallest absolute Gasteiger partial charge is 0.328 e. The molecule has 8 heteroatoms. The van der Waals surface area contributed by atoms with Crippen LogP contribution in [0.2, 0.25) is 0 Å². The van der Waals surface area contributed by atoms with Crippen molar-refractivity contribution in [3.63, 3.8) is 0 Å². The predicted octanol–water partition coefficient (Wildman–Crippen LogP) is -0.252. The average Bonchev–Trinajstić information content (AvgIpc) is 1.99. The lowest BCUT2D eigenvalue weighted by atomic mass is 10.0. The van der Waals surface area contributed by atoms with E-state index in [4.69, 9.17) is 14.8 Å². The SMILES string of the molecule is C=CCC(CC(=O)O)(C(=O)O)S(=O)(=O)O. The van der Waals surface area contributed by atoms with Crippen molar-refractivity contribution in [1.82, 2.24) is 0 Å². The molecule has 1 atom stereocenters. The van der Waals surface area contributed by atoms with Crippen LogP contribution < -0.4 is 0 Å². The summed E-state index contributed by atoms with van der Waals surface area (Å²) < 4.78 is 27.8. The van der Waals surface area contributed by atoms with Gasteiger partial charge in [-0.1, -0.05) is 6.08 Å². The lowest BCUT2D eigenvalue weighted by Gasteiger charge is -2.22. The second-order valence-electron chi connectivity index (χ2n) is 2.84. The van der Waals surface area contributed by atoms with E-state index in [-0.39, 0.29) is 0 Å². The molecule has 7 nitrogen and oxygen atoms in total. The largest absolute Gasteiger partial charge is 0.481 e. The first kappa shape index (κ1) is 13.6. The summed E-state index contributed by atoms with van der Waals surface area (Å²) in [5, 5.41) is 17.1. The quantitative estimate of drug-likeness (QED) is 0.429. The van der Waals surface area contributed by atoms with E-state index in [1.54, 1.807) is 0 Å². The molecule has 0 aliphatic carbocycles. The van der Waals surface area contributed by atoms with Crippen molar-refractivity contribution in [2.24, 2.45) is 0 Å². The Hall–Kier alpha value is -1.41. The van der Waals surface area contributed by atoms with E-state index in [0.29, 0.717) is 0 Å². The first-order valence-corrected chi connectivity index (χ1v) is 5.14. The van der Waals surface area contributed by atoms with Gasteiger partial charge < -0.3 is 10.2 Å². The minimum atomic E-state index is -5.03. The number of carboxylic acid groups (broad SMARTS) is 2. The molecule has 1 unspecified atom stereocenters. The Morgan fingerprint density at radius 3 is 2.00 bits per heavy atom. The fraction of sp³-hybridized carbons (Fsp3) is 0.429. The van der Waals surface area contributed by atoms with Crippen molar-refractivity contribution in [3.05, 3.63) is 12.7 Å². The van der Waals surface area contributed by atoms with E-state index in [2.05, 4.69) is 6.58 Å². The minimum absolute atomic E-state index is 0.687. The fourth-order valence-electron chi connectivity index (χ4n) is 1.02. The van der Waals surface area contributed by atoms with Crippen molar-refractivity contribution in [2.45, 2.75) is 17.6 Å². The Labute approximate surface area is 85.8 Å². The first-order chi connectivity index (χ1) is 6.67. The molecule has 0 aliphatic rings. The molecule has 0 spiro atoms. The molecule has 15 heavy (non-hydrogen) atoms. The minimum Gasteiger partial charge on any atom is -0.481 e. The van der Waals surface area contributed by atoms with Crippen LogP contribution in [-0.4, -0.2) is 39.9 Å². The lowest BCUT2D eigenvalue weighted by molar-refractivity contribution is -0.146. The molecule has 0 rings (SSSR count). The van der Waals surface area contributed by atoms with Gasteiger partial charge in [-0.15, -0.1) is 6.58 Å². The number of hydrogen-bond acceptors (Lipinski definition) is 4. The number of carbonyl (C=O) groups is 2. The molecule has 0 saturated heterocycles. The Morgan fingerprint density at radius 1 is 1.33 bits per heavy atom. The molecule has 0 aromatic heterocycles. The van der Waals surface area contributed by atoms with Crippen molar-refractivity contribution in [3.8, 4) is 0 Å². The zero-order valence-corrected chi connectivity index (χ0v) is 8.40. The topological polar surface area (TPSA) is 129 Å². The molecule has 0 aliphatic heterocycles. The van der Waals surface area contributed by atoms with Crippen LogP contribution in [0.25, 0.3) is 0 Å². The Bertz CT molecular complexity index is 382. The van der Waals surface area contributed by atoms with Crippen LogP contribution in [0.3, 0.4) is 0 Å². The highest BCUT2D eigenvalue weighted by Crippen LogP contribution is 2.26. The normalized spacial score (nSPS) is 15.3. The second kappa shape index (κ2) is 4.41. The van der Waals surface area contributed by atoms with Gasteiger partial charge in [0.1, 0.15) is 0 Å². The van der Waals surface area contributed by atoms with Crippen LogP contribution in [0.15, 0.2) is 12.7 Å². The first-order valence-electron chi connectivity index (χ1n) is 3.70. The summed E-state index contributed by atoms with van der Waals surface area (Å²) in [6.07, 6.45) is -0.995. The number of rotatable bonds is 6. The van der Waals surface area contributed by atoms with Crippen LogP contribution in [0.5, 0.6) is 0 Å². The van der Waals surface area contributed by atoms with Gasteiger partial charge >= 0.3 is 11.9 Å². The van der Waals surface area contributed by atoms with Gasteiger partial charge in [0, 0.05) is 0 Å². The molecule has 0 bridgehead atoms. The number of hydrogen-bond donors (Lipinski definition) is 3. The Kier molecular flexibility index (Phi) is 3.99. The van der Waals surface area contributed by atoms with E-state index in [9.17, 15) is 18.0 Å². The van der Waals surface area contributed by atoms with Crippen molar-refractivity contribution in [1.29, 1.82) is 0 Å². The summed E-state index contributed by atoms with van der Waals surface area (Å²) in [5.74, 6) is -3.57. The lowest BCUT2D eigenvalue weighted by Crippen LogP contribution is -2.47. The van der Waals surface area contributed by atoms with Crippen LogP contribution in [-0.2, 0) is 19.7 Å². The molecule has 0 aromatic carbocycles. The maximum atomic E-state index is 10.9. The molecule has 3 N–H and O–H groups in total. The maximum Gasteiger partial charge on any atom is 0.328 e. The van der Waals surface area contributed by atoms with Gasteiger partial charge in [-0.05, 0) is 6.42 Å². The fourth-order valence-corrected chi connectivity index (χ4v) is 1.87. The summed E-state index contributed by atoms with van der Waals surface area (Å²) in [5.41, 5.74) is 0. The van der Waals surface area contributed by atoms with Crippen LogP contribution >= 0.6 is 0 Å². The standard InChI is InChI=1S/C7H10O7S/c1-2-3-7(6(10)11,4-5(8)9)15(12,13)14/h2H,1,3-4H2,(H,8,9)(H,10,11)(H,12,13,14). The number of carboxylic acids is 2. The Morgan fingerprint density at radius 2 is 1.80 bits per heavy atom. The highest BCUT2D eigenvalue weighted by Gasteiger charge is 2.51. The molecular formula is C7H10O7S. The molecule has 0 saturated carbocycles. The van der Waals surface area contributed by atoms with Crippen LogP contribution in [0, 0.1) is 0 Å². The monoisotopic (exact) mass is 238 g/mol. The summed E-state index contributed by atoms with van der Waals surface area (Å²) >= 11 is 0. The maximum absolute atomic E-state index is 10.9. The van der Waals surface area contributed by atoms with E-state index in [0.717, 1.165) is 6.08 Å². The second-order valence-corrected chi connectivity index (χ2v) is 4.57. The molecular weight excluding hydrogens is 228 g/mol. The third kappa shape index (κ3) is 2.77. The van der Waals surface area contributed by atoms with Crippen LogP contribution in [0.4, 0.5) is 0 Å². The van der Waals surface area contributed by atoms with Gasteiger partial charge in [-0.3, -0.25) is 14.1 Å². The molecule has 0 aromatic rings. The number of allylic oxidation sites excluding steroid dienone is 1. The van der Waals surface area contributed by atoms with Gasteiger partial charge in [0.2, 0.25) is 4.75 Å². The predicted molar refractivity (Wildman–Crippen MR) is 49.0 cm³/mol. The summed E-state index contributed by atoms with van der Waals surface area (Å²) in [4.78, 5) is 21.1. The van der Waals surface area contributed by atoms with Gasteiger partial charge in [-0.25, -0.2) is 0 Å². The molecule has 0 radical (unpaired) electrons. The Balaban J connectivity index is 5.58. The van der Waals surface area contributed by atoms with Crippen LogP contribution in [0.1, 0.15) is 12.8 Å². The van der Waals surface area contributed by atoms with Gasteiger partial charge in [0.25, 0.3) is 10.1 Å². The third-order valence-electron chi connectivity index (χ3n) is 1.79. The molecule has 0 heterocycles. The zero-order chi connectivity index (χ0) is 12.3. The zero-order valence-electron chi connectivity index (χ0n) is 7.58. The molecule has 86 valence electrons. The van der Waals surface area contributed by atoms with E-state index in [1.807, 2.05) is 0 Å². The highest BCUT2D eigenvalue weighted by molar-refractivity contribution is 7.88. The van der Waals surface area contributed by atoms with Gasteiger partial charge in [-0.2, -0.15) is 8.42 Å². The summed E-state index contributed by atoms with van der Waals surface area (Å²) in [7, 11) is -5.03. The van der Waals surface area contributed by atoms with Crippen molar-refractivity contribution >= 4 is 22.1 Å². The highest BCUT2D eigenvalue weighted by atomic mass is 32.2. The van der Waals surface area contributed by atoms with E-state index < -0.39 is 39.6 Å². The van der Waals surface area contributed by atoms with E-state index in [1.165, 1.54) is 0 Å².